The molecule has 0 aliphatic carbocycles. The number of anilines is 1. The average molecular weight is 320 g/mol. The predicted octanol–water partition coefficient (Wildman–Crippen LogP) is 2.47. The zero-order valence-electron chi connectivity index (χ0n) is 12.3. The molecule has 1 aromatic carbocycles. The van der Waals surface area contributed by atoms with E-state index < -0.39 is 4.92 Å². The Morgan fingerprint density at radius 2 is 2.23 bits per heavy atom. The summed E-state index contributed by atoms with van der Waals surface area (Å²) in [6.45, 7) is 2.38. The molecule has 22 heavy (non-hydrogen) atoms. The van der Waals surface area contributed by atoms with Crippen LogP contribution in [0.4, 0.5) is 11.4 Å². The molecule has 1 amide bonds. The first kappa shape index (κ1) is 15.9. The van der Waals surface area contributed by atoms with Gasteiger partial charge < -0.3 is 10.6 Å². The Labute approximate surface area is 131 Å². The van der Waals surface area contributed by atoms with Crippen molar-refractivity contribution in [3.63, 3.8) is 0 Å². The molecule has 116 valence electrons. The van der Waals surface area contributed by atoms with E-state index >= 15 is 0 Å². The van der Waals surface area contributed by atoms with Gasteiger partial charge in [0.2, 0.25) is 0 Å². The van der Waals surface area contributed by atoms with Crippen molar-refractivity contribution in [3.8, 4) is 0 Å². The second kappa shape index (κ2) is 6.52. The van der Waals surface area contributed by atoms with E-state index in [4.69, 9.17) is 5.73 Å². The zero-order chi connectivity index (χ0) is 16.3. The molecule has 0 unspecified atom stereocenters. The second-order valence-corrected chi connectivity index (χ2v) is 5.96. The molecule has 8 heteroatoms. The van der Waals surface area contributed by atoms with Gasteiger partial charge >= 0.3 is 0 Å². The Kier molecular flexibility index (Phi) is 4.71. The van der Waals surface area contributed by atoms with E-state index in [-0.39, 0.29) is 22.8 Å². The Hall–Kier alpha value is -2.48. The van der Waals surface area contributed by atoms with Crippen molar-refractivity contribution in [1.82, 2.24) is 9.88 Å². The SMILES string of the molecule is CCc1cnc(CN(C)C(=O)c2cc([N+](=O)[O-])ccc2N)s1. The first-order chi connectivity index (χ1) is 10.4. The molecule has 2 N–H and O–H groups in total. The van der Waals surface area contributed by atoms with Crippen molar-refractivity contribution in [2.24, 2.45) is 0 Å². The largest absolute Gasteiger partial charge is 0.398 e. The molecule has 2 aromatic rings. The zero-order valence-corrected chi connectivity index (χ0v) is 13.1. The summed E-state index contributed by atoms with van der Waals surface area (Å²) in [6.07, 6.45) is 2.69. The molecule has 1 heterocycles. The summed E-state index contributed by atoms with van der Waals surface area (Å²) in [6, 6.07) is 3.85. The number of hydrogen-bond donors (Lipinski definition) is 1. The number of non-ortho nitro benzene ring substituents is 1. The quantitative estimate of drug-likeness (QED) is 0.518. The fourth-order valence-corrected chi connectivity index (χ4v) is 2.82. The molecule has 0 saturated heterocycles. The molecule has 7 nitrogen and oxygen atoms in total. The highest BCUT2D eigenvalue weighted by Crippen LogP contribution is 2.22. The van der Waals surface area contributed by atoms with E-state index in [1.807, 2.05) is 6.92 Å². The normalized spacial score (nSPS) is 10.5. The Morgan fingerprint density at radius 1 is 1.50 bits per heavy atom. The van der Waals surface area contributed by atoms with Gasteiger partial charge in [0.05, 0.1) is 17.0 Å². The van der Waals surface area contributed by atoms with Crippen LogP contribution in [0.25, 0.3) is 0 Å². The summed E-state index contributed by atoms with van der Waals surface area (Å²) in [5, 5.41) is 11.6. The van der Waals surface area contributed by atoms with Crippen molar-refractivity contribution in [1.29, 1.82) is 0 Å². The highest BCUT2D eigenvalue weighted by molar-refractivity contribution is 7.11. The maximum Gasteiger partial charge on any atom is 0.270 e. The first-order valence-electron chi connectivity index (χ1n) is 6.65. The Balaban J connectivity index is 2.19. The lowest BCUT2D eigenvalue weighted by Crippen LogP contribution is -2.27. The number of hydrogen-bond acceptors (Lipinski definition) is 6. The minimum absolute atomic E-state index is 0.129. The van der Waals surface area contributed by atoms with Gasteiger partial charge in [-0.3, -0.25) is 14.9 Å². The van der Waals surface area contributed by atoms with Crippen LogP contribution in [0.15, 0.2) is 24.4 Å². The van der Waals surface area contributed by atoms with E-state index in [1.54, 1.807) is 24.6 Å². The summed E-state index contributed by atoms with van der Waals surface area (Å²) >= 11 is 1.54. The van der Waals surface area contributed by atoms with Gasteiger partial charge in [0, 0.05) is 35.9 Å². The number of nitrogen functional groups attached to an aromatic ring is 1. The molecule has 0 fully saturated rings. The second-order valence-electron chi connectivity index (χ2n) is 4.76. The van der Waals surface area contributed by atoms with E-state index in [9.17, 15) is 14.9 Å². The monoisotopic (exact) mass is 320 g/mol. The smallest absolute Gasteiger partial charge is 0.270 e. The number of nitro groups is 1. The van der Waals surface area contributed by atoms with Gasteiger partial charge in [0.25, 0.3) is 11.6 Å². The van der Waals surface area contributed by atoms with Crippen LogP contribution < -0.4 is 5.73 Å². The number of carbonyl (C=O) groups excluding carboxylic acids is 1. The molecule has 1 aromatic heterocycles. The molecule has 0 atom stereocenters. The van der Waals surface area contributed by atoms with Crippen LogP contribution >= 0.6 is 11.3 Å². The lowest BCUT2D eigenvalue weighted by molar-refractivity contribution is -0.384. The average Bonchev–Trinajstić information content (AvgIpc) is 2.94. The number of aryl methyl sites for hydroxylation is 1. The summed E-state index contributed by atoms with van der Waals surface area (Å²) in [7, 11) is 1.62. The summed E-state index contributed by atoms with van der Waals surface area (Å²) < 4.78 is 0. The highest BCUT2D eigenvalue weighted by atomic mass is 32.1. The third-order valence-corrected chi connectivity index (χ3v) is 4.27. The van der Waals surface area contributed by atoms with Crippen LogP contribution in [-0.4, -0.2) is 27.8 Å². The molecule has 0 aliphatic rings. The van der Waals surface area contributed by atoms with E-state index in [2.05, 4.69) is 4.98 Å². The molecule has 0 bridgehead atoms. The van der Waals surface area contributed by atoms with Crippen LogP contribution in [0.3, 0.4) is 0 Å². The number of nitrogens with two attached hydrogens (primary N) is 1. The standard InChI is InChI=1S/C14H16N4O3S/c1-3-10-7-16-13(22-10)8-17(2)14(19)11-6-9(18(20)21)4-5-12(11)15/h4-7H,3,8,15H2,1-2H3. The number of amides is 1. The number of benzene rings is 1. The van der Waals surface area contributed by atoms with Gasteiger partial charge in [-0.2, -0.15) is 0 Å². The van der Waals surface area contributed by atoms with Gasteiger partial charge in [0.15, 0.2) is 0 Å². The fraction of sp³-hybridized carbons (Fsp3) is 0.286. The summed E-state index contributed by atoms with van der Waals surface area (Å²) in [4.78, 5) is 29.5. The van der Waals surface area contributed by atoms with Crippen LogP contribution in [0.5, 0.6) is 0 Å². The van der Waals surface area contributed by atoms with Crippen molar-refractivity contribution in [3.05, 3.63) is 50.0 Å². The number of aromatic nitrogens is 1. The van der Waals surface area contributed by atoms with Crippen LogP contribution in [0.2, 0.25) is 0 Å². The molecular weight excluding hydrogens is 304 g/mol. The summed E-state index contributed by atoms with van der Waals surface area (Å²) in [5.74, 6) is -0.366. The maximum absolute atomic E-state index is 12.4. The topological polar surface area (TPSA) is 102 Å². The molecule has 0 saturated carbocycles. The van der Waals surface area contributed by atoms with Crippen LogP contribution in [0, 0.1) is 10.1 Å². The van der Waals surface area contributed by atoms with Gasteiger partial charge in [-0.15, -0.1) is 11.3 Å². The van der Waals surface area contributed by atoms with Crippen molar-refractivity contribution < 1.29 is 9.72 Å². The molecule has 2 rings (SSSR count). The van der Waals surface area contributed by atoms with E-state index in [0.717, 1.165) is 16.3 Å². The predicted molar refractivity (Wildman–Crippen MR) is 84.8 cm³/mol. The van der Waals surface area contributed by atoms with Gasteiger partial charge in [-0.25, -0.2) is 4.98 Å². The molecule has 0 aliphatic heterocycles. The van der Waals surface area contributed by atoms with Crippen LogP contribution in [0.1, 0.15) is 27.2 Å². The third kappa shape index (κ3) is 3.40. The lowest BCUT2D eigenvalue weighted by Gasteiger charge is -2.16. The lowest BCUT2D eigenvalue weighted by atomic mass is 10.1. The molecule has 0 radical (unpaired) electrons. The highest BCUT2D eigenvalue weighted by Gasteiger charge is 2.19. The minimum atomic E-state index is -0.551. The number of nitro benzene ring substituents is 1. The minimum Gasteiger partial charge on any atom is -0.398 e. The maximum atomic E-state index is 12.4. The van der Waals surface area contributed by atoms with Gasteiger partial charge in [-0.05, 0) is 12.5 Å². The van der Waals surface area contributed by atoms with E-state index in [0.29, 0.717) is 6.54 Å². The number of thiazole rings is 1. The molecular formula is C14H16N4O3S. The van der Waals surface area contributed by atoms with Crippen molar-refractivity contribution >= 4 is 28.6 Å². The first-order valence-corrected chi connectivity index (χ1v) is 7.47. The Morgan fingerprint density at radius 3 is 2.82 bits per heavy atom. The molecule has 0 spiro atoms. The number of rotatable bonds is 5. The summed E-state index contributed by atoms with van der Waals surface area (Å²) in [5.41, 5.74) is 5.95. The third-order valence-electron chi connectivity index (χ3n) is 3.15. The van der Waals surface area contributed by atoms with E-state index in [1.165, 1.54) is 23.1 Å². The van der Waals surface area contributed by atoms with Gasteiger partial charge in [-0.1, -0.05) is 6.92 Å². The Bertz CT molecular complexity index is 714. The van der Waals surface area contributed by atoms with Crippen molar-refractivity contribution in [2.45, 2.75) is 19.9 Å². The fourth-order valence-electron chi connectivity index (χ4n) is 1.91. The number of nitrogens with zero attached hydrogens (tertiary/aromatic N) is 3. The van der Waals surface area contributed by atoms with Crippen LogP contribution in [-0.2, 0) is 13.0 Å². The van der Waals surface area contributed by atoms with Gasteiger partial charge in [0.1, 0.15) is 5.01 Å². The number of carbonyl (C=O) groups is 1. The van der Waals surface area contributed by atoms with Crippen molar-refractivity contribution in [2.75, 3.05) is 12.8 Å².